The molecule has 0 aromatic carbocycles. The molecule has 1 fully saturated rings. The first kappa shape index (κ1) is 14.8. The molecule has 2 heterocycles. The fourth-order valence-corrected chi connectivity index (χ4v) is 3.95. The highest BCUT2D eigenvalue weighted by Gasteiger charge is 2.34. The van der Waals surface area contributed by atoms with Gasteiger partial charge in [0.15, 0.2) is 5.13 Å². The third-order valence-electron chi connectivity index (χ3n) is 3.90. The third kappa shape index (κ3) is 3.29. The number of rotatable bonds is 5. The first-order chi connectivity index (χ1) is 8.94. The van der Waals surface area contributed by atoms with Gasteiger partial charge in [-0.2, -0.15) is 0 Å². The summed E-state index contributed by atoms with van der Waals surface area (Å²) in [4.78, 5) is 8.80. The van der Waals surface area contributed by atoms with Gasteiger partial charge in [-0.3, -0.25) is 0 Å². The second-order valence-corrected chi connectivity index (χ2v) is 7.39. The maximum absolute atomic E-state index is 4.89. The quantitative estimate of drug-likeness (QED) is 0.894. The summed E-state index contributed by atoms with van der Waals surface area (Å²) in [5.74, 6) is 0. The van der Waals surface area contributed by atoms with E-state index in [0.717, 1.165) is 19.5 Å². The molecule has 0 amide bonds. The Bertz CT molecular complexity index is 423. The van der Waals surface area contributed by atoms with Crippen LogP contribution >= 0.6 is 11.3 Å². The molecule has 1 aromatic heterocycles. The lowest BCUT2D eigenvalue weighted by atomic mass is 10.0. The van der Waals surface area contributed by atoms with Crippen LogP contribution in [0.5, 0.6) is 0 Å². The van der Waals surface area contributed by atoms with Crippen LogP contribution in [0.15, 0.2) is 0 Å². The van der Waals surface area contributed by atoms with Crippen molar-refractivity contribution in [1.82, 2.24) is 10.3 Å². The van der Waals surface area contributed by atoms with Gasteiger partial charge < -0.3 is 10.2 Å². The van der Waals surface area contributed by atoms with Crippen LogP contribution in [-0.2, 0) is 13.0 Å². The monoisotopic (exact) mass is 281 g/mol. The Labute approximate surface area is 121 Å². The summed E-state index contributed by atoms with van der Waals surface area (Å²) in [6, 6.07) is 0.526. The molecule has 3 nitrogen and oxygen atoms in total. The maximum atomic E-state index is 4.89. The van der Waals surface area contributed by atoms with Crippen molar-refractivity contribution in [3.8, 4) is 0 Å². The van der Waals surface area contributed by atoms with Gasteiger partial charge in [0, 0.05) is 29.5 Å². The van der Waals surface area contributed by atoms with Gasteiger partial charge in [-0.1, -0.05) is 20.8 Å². The van der Waals surface area contributed by atoms with Gasteiger partial charge in [-0.15, -0.1) is 11.3 Å². The number of nitrogens with zero attached hydrogens (tertiary/aromatic N) is 2. The molecule has 0 saturated carbocycles. The predicted octanol–water partition coefficient (Wildman–Crippen LogP) is 3.58. The van der Waals surface area contributed by atoms with E-state index in [4.69, 9.17) is 4.98 Å². The molecule has 2 rings (SSSR count). The van der Waals surface area contributed by atoms with Crippen molar-refractivity contribution in [1.29, 1.82) is 0 Å². The Morgan fingerprint density at radius 3 is 2.68 bits per heavy atom. The van der Waals surface area contributed by atoms with Crippen molar-refractivity contribution in [2.24, 2.45) is 0 Å². The average molecular weight is 281 g/mol. The summed E-state index contributed by atoms with van der Waals surface area (Å²) >= 11 is 1.88. The van der Waals surface area contributed by atoms with E-state index < -0.39 is 0 Å². The van der Waals surface area contributed by atoms with E-state index in [0.29, 0.717) is 6.04 Å². The van der Waals surface area contributed by atoms with Gasteiger partial charge in [0.25, 0.3) is 0 Å². The summed E-state index contributed by atoms with van der Waals surface area (Å²) in [6.07, 6.45) is 3.58. The molecule has 19 heavy (non-hydrogen) atoms. The maximum Gasteiger partial charge on any atom is 0.186 e. The molecule has 1 aromatic rings. The number of thiazole rings is 1. The van der Waals surface area contributed by atoms with Gasteiger partial charge >= 0.3 is 0 Å². The molecule has 1 saturated heterocycles. The second kappa shape index (κ2) is 5.80. The second-order valence-electron chi connectivity index (χ2n) is 6.32. The third-order valence-corrected chi connectivity index (χ3v) is 5.03. The van der Waals surface area contributed by atoms with Crippen molar-refractivity contribution in [2.75, 3.05) is 11.4 Å². The number of nitrogens with one attached hydrogen (secondary N) is 1. The molecular weight excluding hydrogens is 254 g/mol. The van der Waals surface area contributed by atoms with E-state index in [-0.39, 0.29) is 5.54 Å². The first-order valence-corrected chi connectivity index (χ1v) is 8.25. The number of aryl methyl sites for hydroxylation is 1. The van der Waals surface area contributed by atoms with Crippen LogP contribution in [0.2, 0.25) is 0 Å². The minimum absolute atomic E-state index is 0.269. The summed E-state index contributed by atoms with van der Waals surface area (Å²) < 4.78 is 0. The average Bonchev–Trinajstić information content (AvgIpc) is 2.88. The molecule has 0 bridgehead atoms. The normalized spacial score (nSPS) is 18.5. The fraction of sp³-hybridized carbons (Fsp3) is 0.800. The van der Waals surface area contributed by atoms with Crippen LogP contribution in [0.1, 0.15) is 58.0 Å². The van der Waals surface area contributed by atoms with Crippen molar-refractivity contribution in [3.05, 3.63) is 10.6 Å². The van der Waals surface area contributed by atoms with Crippen LogP contribution in [0.25, 0.3) is 0 Å². The molecule has 108 valence electrons. The van der Waals surface area contributed by atoms with Crippen LogP contribution in [0, 0.1) is 0 Å². The highest BCUT2D eigenvalue weighted by molar-refractivity contribution is 7.15. The Kier molecular flexibility index (Phi) is 4.51. The topological polar surface area (TPSA) is 28.2 Å². The van der Waals surface area contributed by atoms with Crippen LogP contribution in [0.4, 0.5) is 5.13 Å². The summed E-state index contributed by atoms with van der Waals surface area (Å²) in [6.45, 7) is 13.4. The molecule has 0 unspecified atom stereocenters. The molecule has 0 spiro atoms. The number of hydrogen-bond acceptors (Lipinski definition) is 4. The molecule has 4 heteroatoms. The predicted molar refractivity (Wildman–Crippen MR) is 84.1 cm³/mol. The standard InChI is InChI=1S/C15H27N3S/c1-6-12-13(10-16-11(2)3)19-14(17-12)18-9-7-8-15(18,4)5/h11,16H,6-10H2,1-5H3. The smallest absolute Gasteiger partial charge is 0.186 e. The minimum atomic E-state index is 0.269. The Morgan fingerprint density at radius 2 is 2.16 bits per heavy atom. The molecule has 0 atom stereocenters. The summed E-state index contributed by atoms with van der Waals surface area (Å²) in [5, 5.41) is 4.74. The van der Waals surface area contributed by atoms with Gasteiger partial charge in [0.1, 0.15) is 0 Å². The van der Waals surface area contributed by atoms with Gasteiger partial charge in [0.05, 0.1) is 5.69 Å². The summed E-state index contributed by atoms with van der Waals surface area (Å²) in [5.41, 5.74) is 1.54. The van der Waals surface area contributed by atoms with Crippen LogP contribution in [-0.4, -0.2) is 23.1 Å². The Balaban J connectivity index is 2.18. The lowest BCUT2D eigenvalue weighted by Crippen LogP contribution is -2.38. The van der Waals surface area contributed by atoms with Crippen LogP contribution < -0.4 is 10.2 Å². The molecule has 0 radical (unpaired) electrons. The van der Waals surface area contributed by atoms with E-state index in [1.807, 2.05) is 11.3 Å². The summed E-state index contributed by atoms with van der Waals surface area (Å²) in [7, 11) is 0. The Morgan fingerprint density at radius 1 is 1.42 bits per heavy atom. The van der Waals surface area contributed by atoms with Crippen molar-refractivity contribution >= 4 is 16.5 Å². The molecular formula is C15H27N3S. The van der Waals surface area contributed by atoms with Crippen molar-refractivity contribution in [2.45, 2.75) is 72.0 Å². The van der Waals surface area contributed by atoms with E-state index in [1.165, 1.54) is 28.5 Å². The lowest BCUT2D eigenvalue weighted by molar-refractivity contribution is 0.517. The zero-order valence-electron chi connectivity index (χ0n) is 12.9. The molecule has 0 aliphatic carbocycles. The van der Waals surface area contributed by atoms with E-state index in [9.17, 15) is 0 Å². The van der Waals surface area contributed by atoms with E-state index in [2.05, 4.69) is 44.8 Å². The number of anilines is 1. The van der Waals surface area contributed by atoms with Crippen molar-refractivity contribution < 1.29 is 0 Å². The molecule has 1 N–H and O–H groups in total. The van der Waals surface area contributed by atoms with Crippen LogP contribution in [0.3, 0.4) is 0 Å². The first-order valence-electron chi connectivity index (χ1n) is 7.43. The number of hydrogen-bond donors (Lipinski definition) is 1. The zero-order valence-corrected chi connectivity index (χ0v) is 13.7. The van der Waals surface area contributed by atoms with Gasteiger partial charge in [0.2, 0.25) is 0 Å². The SMILES string of the molecule is CCc1nc(N2CCCC2(C)C)sc1CNC(C)C. The van der Waals surface area contributed by atoms with E-state index >= 15 is 0 Å². The molecule has 1 aliphatic heterocycles. The lowest BCUT2D eigenvalue weighted by Gasteiger charge is -2.31. The fourth-order valence-electron chi connectivity index (χ4n) is 2.66. The van der Waals surface area contributed by atoms with Gasteiger partial charge in [-0.25, -0.2) is 4.98 Å². The minimum Gasteiger partial charge on any atom is -0.343 e. The molecule has 1 aliphatic rings. The number of aromatic nitrogens is 1. The van der Waals surface area contributed by atoms with E-state index in [1.54, 1.807) is 0 Å². The zero-order chi connectivity index (χ0) is 14.0. The van der Waals surface area contributed by atoms with Gasteiger partial charge in [-0.05, 0) is 33.1 Å². The highest BCUT2D eigenvalue weighted by Crippen LogP contribution is 2.37. The Hall–Kier alpha value is -0.610. The van der Waals surface area contributed by atoms with Crippen molar-refractivity contribution in [3.63, 3.8) is 0 Å². The largest absolute Gasteiger partial charge is 0.343 e. The highest BCUT2D eigenvalue weighted by atomic mass is 32.1.